The fraction of sp³-hybridized carbons (Fsp3) is 0.158. The second kappa shape index (κ2) is 7.85. The lowest BCUT2D eigenvalue weighted by Crippen LogP contribution is -2.07. The molecule has 0 amide bonds. The Hall–Kier alpha value is -3.13. The molecular weight excluding hydrogens is 396 g/mol. The van der Waals surface area contributed by atoms with E-state index in [2.05, 4.69) is 4.99 Å². The first-order valence-electron chi connectivity index (χ1n) is 7.86. The van der Waals surface area contributed by atoms with Crippen LogP contribution in [0.5, 0.6) is 17.2 Å². The van der Waals surface area contributed by atoms with E-state index in [0.29, 0.717) is 22.8 Å². The summed E-state index contributed by atoms with van der Waals surface area (Å²) < 4.78 is 47.7. The smallest absolute Gasteiger partial charge is 0.363 e. The van der Waals surface area contributed by atoms with Crippen molar-refractivity contribution in [1.82, 2.24) is 0 Å². The predicted octanol–water partition coefficient (Wildman–Crippen LogP) is 3.99. The highest BCUT2D eigenvalue weighted by Gasteiger charge is 2.27. The molecule has 0 aromatic heterocycles. The van der Waals surface area contributed by atoms with E-state index in [1.54, 1.807) is 12.1 Å². The summed E-state index contributed by atoms with van der Waals surface area (Å²) in [6, 6.07) is 4.86. The summed E-state index contributed by atoms with van der Waals surface area (Å²) in [7, 11) is 4.36. The zero-order valence-corrected chi connectivity index (χ0v) is 15.8. The highest BCUT2D eigenvalue weighted by Crippen LogP contribution is 2.41. The van der Waals surface area contributed by atoms with Gasteiger partial charge in [0, 0.05) is 5.56 Å². The molecule has 0 atom stereocenters. The van der Waals surface area contributed by atoms with Crippen LogP contribution in [0.2, 0.25) is 5.02 Å². The molecule has 1 aliphatic rings. The Bertz CT molecular complexity index is 1020. The average molecular weight is 410 g/mol. The summed E-state index contributed by atoms with van der Waals surface area (Å²) in [5.74, 6) is -2.20. The Morgan fingerprint density at radius 2 is 1.71 bits per heavy atom. The van der Waals surface area contributed by atoms with Gasteiger partial charge in [-0.3, -0.25) is 0 Å². The highest BCUT2D eigenvalue weighted by atomic mass is 35.5. The van der Waals surface area contributed by atoms with Gasteiger partial charge in [-0.1, -0.05) is 11.6 Å². The largest absolute Gasteiger partial charge is 0.493 e. The number of cyclic esters (lactones) is 1. The Morgan fingerprint density at radius 1 is 1.04 bits per heavy atom. The molecular formula is C19H14ClF2NO5. The Balaban J connectivity index is 2.06. The van der Waals surface area contributed by atoms with E-state index in [1.807, 2.05) is 0 Å². The van der Waals surface area contributed by atoms with Crippen LogP contribution < -0.4 is 14.2 Å². The molecule has 0 N–H and O–H groups in total. The number of carbonyl (C=O) groups excluding carboxylic acids is 1. The lowest BCUT2D eigenvalue weighted by molar-refractivity contribution is -0.129. The lowest BCUT2D eigenvalue weighted by Gasteiger charge is -2.14. The molecule has 0 aliphatic carbocycles. The van der Waals surface area contributed by atoms with Crippen LogP contribution in [0.3, 0.4) is 0 Å². The summed E-state index contributed by atoms with van der Waals surface area (Å²) in [4.78, 5) is 16.2. The van der Waals surface area contributed by atoms with Crippen molar-refractivity contribution in [3.63, 3.8) is 0 Å². The van der Waals surface area contributed by atoms with E-state index in [9.17, 15) is 13.6 Å². The second-order valence-electron chi connectivity index (χ2n) is 5.51. The van der Waals surface area contributed by atoms with Crippen molar-refractivity contribution in [2.45, 2.75) is 0 Å². The SMILES string of the molecule is COc1ccc(/C=C2/N=C(c3cc(F)c(F)cc3Cl)OC2=O)c(OC)c1OC. The topological polar surface area (TPSA) is 66.4 Å². The van der Waals surface area contributed by atoms with Crippen molar-refractivity contribution < 1.29 is 32.5 Å². The van der Waals surface area contributed by atoms with Crippen LogP contribution >= 0.6 is 11.6 Å². The van der Waals surface area contributed by atoms with E-state index in [-0.39, 0.29) is 22.2 Å². The molecule has 28 heavy (non-hydrogen) atoms. The van der Waals surface area contributed by atoms with E-state index in [4.69, 9.17) is 30.5 Å². The first-order valence-corrected chi connectivity index (χ1v) is 8.23. The zero-order chi connectivity index (χ0) is 20.4. The lowest BCUT2D eigenvalue weighted by atomic mass is 10.1. The van der Waals surface area contributed by atoms with Crippen LogP contribution in [-0.2, 0) is 9.53 Å². The fourth-order valence-corrected chi connectivity index (χ4v) is 2.83. The predicted molar refractivity (Wildman–Crippen MR) is 98.1 cm³/mol. The van der Waals surface area contributed by atoms with Crippen molar-refractivity contribution in [2.75, 3.05) is 21.3 Å². The number of methoxy groups -OCH3 is 3. The van der Waals surface area contributed by atoms with E-state index in [1.165, 1.54) is 27.4 Å². The van der Waals surface area contributed by atoms with Crippen LogP contribution in [-0.4, -0.2) is 33.2 Å². The van der Waals surface area contributed by atoms with Gasteiger partial charge in [-0.2, -0.15) is 0 Å². The van der Waals surface area contributed by atoms with Crippen LogP contribution in [0.25, 0.3) is 6.08 Å². The Labute approximate surface area is 163 Å². The maximum atomic E-state index is 13.5. The fourth-order valence-electron chi connectivity index (χ4n) is 2.60. The van der Waals surface area contributed by atoms with Gasteiger partial charge in [0.05, 0.1) is 31.9 Å². The molecule has 0 unspecified atom stereocenters. The quantitative estimate of drug-likeness (QED) is 0.424. The number of ether oxygens (including phenoxy) is 4. The first-order chi connectivity index (χ1) is 13.4. The number of rotatable bonds is 5. The van der Waals surface area contributed by atoms with Crippen LogP contribution in [0.4, 0.5) is 8.78 Å². The van der Waals surface area contributed by atoms with E-state index < -0.39 is 17.6 Å². The van der Waals surface area contributed by atoms with Gasteiger partial charge in [0.25, 0.3) is 0 Å². The molecule has 0 saturated carbocycles. The number of aliphatic imine (C=N–C) groups is 1. The maximum Gasteiger partial charge on any atom is 0.363 e. The third-order valence-electron chi connectivity index (χ3n) is 3.89. The van der Waals surface area contributed by atoms with E-state index >= 15 is 0 Å². The molecule has 9 heteroatoms. The normalized spacial score (nSPS) is 14.7. The molecule has 0 bridgehead atoms. The number of hydrogen-bond acceptors (Lipinski definition) is 6. The minimum atomic E-state index is -1.14. The summed E-state index contributed by atoms with van der Waals surface area (Å²) in [6.07, 6.45) is 1.41. The molecule has 2 aromatic carbocycles. The molecule has 146 valence electrons. The number of hydrogen-bond donors (Lipinski definition) is 0. The average Bonchev–Trinajstić information content (AvgIpc) is 3.04. The molecule has 0 spiro atoms. The molecule has 0 radical (unpaired) electrons. The minimum Gasteiger partial charge on any atom is -0.493 e. The number of benzene rings is 2. The van der Waals surface area contributed by atoms with Crippen molar-refractivity contribution in [3.05, 3.63) is 57.7 Å². The number of nitrogens with zero attached hydrogens (tertiary/aromatic N) is 1. The standard InChI is InChI=1S/C19H14ClF2NO5/c1-25-15-5-4-9(16(26-2)17(15)27-3)6-14-19(24)28-18(23-14)10-7-12(21)13(22)8-11(10)20/h4-8H,1-3H3/b14-6+. The third kappa shape index (κ3) is 3.50. The summed E-state index contributed by atoms with van der Waals surface area (Å²) in [5.41, 5.74) is 0.339. The van der Waals surface area contributed by atoms with Gasteiger partial charge in [-0.05, 0) is 30.3 Å². The minimum absolute atomic E-state index is 0.0448. The van der Waals surface area contributed by atoms with Crippen molar-refractivity contribution >= 4 is 29.5 Å². The van der Waals surface area contributed by atoms with Gasteiger partial charge in [0.1, 0.15) is 0 Å². The van der Waals surface area contributed by atoms with Crippen molar-refractivity contribution in [1.29, 1.82) is 0 Å². The van der Waals surface area contributed by atoms with Gasteiger partial charge in [0.2, 0.25) is 11.6 Å². The van der Waals surface area contributed by atoms with Crippen LogP contribution in [0.1, 0.15) is 11.1 Å². The third-order valence-corrected chi connectivity index (χ3v) is 4.20. The number of esters is 1. The van der Waals surface area contributed by atoms with Crippen molar-refractivity contribution in [3.8, 4) is 17.2 Å². The molecule has 6 nitrogen and oxygen atoms in total. The number of carbonyl (C=O) groups is 1. The molecule has 3 rings (SSSR count). The van der Waals surface area contributed by atoms with Crippen LogP contribution in [0, 0.1) is 11.6 Å². The summed E-state index contributed by atoms with van der Waals surface area (Å²) in [6.45, 7) is 0. The van der Waals surface area contributed by atoms with Crippen molar-refractivity contribution in [2.24, 2.45) is 4.99 Å². The van der Waals surface area contributed by atoms with Gasteiger partial charge < -0.3 is 18.9 Å². The van der Waals surface area contributed by atoms with Gasteiger partial charge in [-0.15, -0.1) is 0 Å². The molecule has 2 aromatic rings. The first kappa shape index (κ1) is 19.6. The molecule has 0 saturated heterocycles. The molecule has 1 heterocycles. The summed E-state index contributed by atoms with van der Waals surface area (Å²) >= 11 is 5.91. The van der Waals surface area contributed by atoms with E-state index in [0.717, 1.165) is 12.1 Å². The highest BCUT2D eigenvalue weighted by molar-refractivity contribution is 6.34. The van der Waals surface area contributed by atoms with Gasteiger partial charge >= 0.3 is 5.97 Å². The van der Waals surface area contributed by atoms with Gasteiger partial charge in [0.15, 0.2) is 28.8 Å². The molecule has 0 fully saturated rings. The second-order valence-corrected chi connectivity index (χ2v) is 5.91. The Morgan fingerprint density at radius 3 is 2.36 bits per heavy atom. The summed E-state index contributed by atoms with van der Waals surface area (Å²) in [5, 5.41) is -0.143. The zero-order valence-electron chi connectivity index (χ0n) is 15.0. The Kier molecular flexibility index (Phi) is 5.51. The van der Waals surface area contributed by atoms with Gasteiger partial charge in [-0.25, -0.2) is 18.6 Å². The monoisotopic (exact) mass is 409 g/mol. The number of halogens is 3. The van der Waals surface area contributed by atoms with Crippen LogP contribution in [0.15, 0.2) is 35.0 Å². The molecule has 1 aliphatic heterocycles. The maximum absolute atomic E-state index is 13.5.